The van der Waals surface area contributed by atoms with Crippen molar-refractivity contribution in [2.75, 3.05) is 18.5 Å². The molecule has 0 heterocycles. The van der Waals surface area contributed by atoms with Crippen LogP contribution in [0.4, 0.5) is 14.5 Å². The van der Waals surface area contributed by atoms with Crippen LogP contribution in [0, 0.1) is 11.6 Å². The maximum atomic E-state index is 13.3. The number of aliphatic hydroxyl groups is 2. The van der Waals surface area contributed by atoms with Crippen LogP contribution in [0.25, 0.3) is 0 Å². The fourth-order valence-electron chi connectivity index (χ4n) is 1.22. The van der Waals surface area contributed by atoms with Gasteiger partial charge in [0.1, 0.15) is 0 Å². The number of rotatable bonds is 5. The Morgan fingerprint density at radius 3 is 2.61 bits per heavy atom. The van der Waals surface area contributed by atoms with Crippen LogP contribution in [-0.4, -0.2) is 40.5 Å². The van der Waals surface area contributed by atoms with E-state index in [9.17, 15) is 13.6 Å². The molecule has 0 saturated carbocycles. The lowest BCUT2D eigenvalue weighted by molar-refractivity contribution is 0.0696. The highest BCUT2D eigenvalue weighted by atomic mass is 79.9. The van der Waals surface area contributed by atoms with E-state index in [2.05, 4.69) is 21.2 Å². The van der Waals surface area contributed by atoms with Crippen molar-refractivity contribution in [3.8, 4) is 0 Å². The number of hydrogen-bond acceptors (Lipinski definition) is 4. The van der Waals surface area contributed by atoms with Crippen LogP contribution in [0.5, 0.6) is 0 Å². The van der Waals surface area contributed by atoms with E-state index in [1.807, 2.05) is 0 Å². The number of aromatic carboxylic acids is 1. The minimum atomic E-state index is -1.45. The Labute approximate surface area is 109 Å². The van der Waals surface area contributed by atoms with Crippen molar-refractivity contribution in [1.82, 2.24) is 0 Å². The molecule has 8 heteroatoms. The molecule has 4 N–H and O–H groups in total. The second-order valence-electron chi connectivity index (χ2n) is 3.43. The van der Waals surface area contributed by atoms with Gasteiger partial charge in [0.05, 0.1) is 28.4 Å². The van der Waals surface area contributed by atoms with Crippen LogP contribution in [0.15, 0.2) is 10.5 Å². The average molecular weight is 326 g/mol. The number of carbonyl (C=O) groups is 1. The highest BCUT2D eigenvalue weighted by molar-refractivity contribution is 9.10. The van der Waals surface area contributed by atoms with E-state index < -0.39 is 35.9 Å². The molecule has 0 amide bonds. The average Bonchev–Trinajstić information content (AvgIpc) is 2.33. The molecule has 0 aliphatic rings. The van der Waals surface area contributed by atoms with Crippen molar-refractivity contribution < 1.29 is 28.9 Å². The summed E-state index contributed by atoms with van der Waals surface area (Å²) in [5.41, 5.74) is -0.681. The lowest BCUT2D eigenvalue weighted by atomic mass is 10.1. The molecule has 100 valence electrons. The number of anilines is 1. The predicted octanol–water partition coefficient (Wildman–Crippen LogP) is 1.19. The van der Waals surface area contributed by atoms with Crippen LogP contribution < -0.4 is 5.32 Å². The maximum absolute atomic E-state index is 13.3. The molecule has 0 aromatic heterocycles. The third-order valence-corrected chi connectivity index (χ3v) is 2.86. The molecular weight excluding hydrogens is 316 g/mol. The van der Waals surface area contributed by atoms with E-state index in [1.54, 1.807) is 0 Å². The molecule has 0 fully saturated rings. The number of nitrogens with one attached hydrogen (secondary N) is 1. The van der Waals surface area contributed by atoms with Gasteiger partial charge in [0.2, 0.25) is 0 Å². The zero-order chi connectivity index (χ0) is 13.9. The normalized spacial score (nSPS) is 12.3. The Kier molecular flexibility index (Phi) is 5.00. The van der Waals surface area contributed by atoms with Crippen molar-refractivity contribution >= 4 is 27.6 Å². The Balaban J connectivity index is 3.15. The van der Waals surface area contributed by atoms with Crippen molar-refractivity contribution in [2.45, 2.75) is 6.10 Å². The van der Waals surface area contributed by atoms with Gasteiger partial charge in [-0.25, -0.2) is 13.6 Å². The summed E-state index contributed by atoms with van der Waals surface area (Å²) < 4.78 is 25.9. The minimum Gasteiger partial charge on any atom is -0.478 e. The summed E-state index contributed by atoms with van der Waals surface area (Å²) in [7, 11) is 0. The van der Waals surface area contributed by atoms with Crippen LogP contribution >= 0.6 is 15.9 Å². The molecule has 1 atom stereocenters. The zero-order valence-corrected chi connectivity index (χ0v) is 10.5. The van der Waals surface area contributed by atoms with Gasteiger partial charge in [-0.05, 0) is 22.0 Å². The third kappa shape index (κ3) is 3.15. The quantitative estimate of drug-likeness (QED) is 0.611. The lowest BCUT2D eigenvalue weighted by Gasteiger charge is -2.14. The number of carboxylic acids is 1. The van der Waals surface area contributed by atoms with E-state index in [4.69, 9.17) is 15.3 Å². The van der Waals surface area contributed by atoms with Crippen molar-refractivity contribution in [1.29, 1.82) is 0 Å². The topological polar surface area (TPSA) is 89.8 Å². The van der Waals surface area contributed by atoms with Gasteiger partial charge in [-0.2, -0.15) is 0 Å². The summed E-state index contributed by atoms with van der Waals surface area (Å²) in [4.78, 5) is 10.9. The largest absolute Gasteiger partial charge is 0.478 e. The van der Waals surface area contributed by atoms with Crippen molar-refractivity contribution in [3.63, 3.8) is 0 Å². The van der Waals surface area contributed by atoms with Crippen LogP contribution in [0.1, 0.15) is 10.4 Å². The van der Waals surface area contributed by atoms with Gasteiger partial charge in [0, 0.05) is 6.54 Å². The summed E-state index contributed by atoms with van der Waals surface area (Å²) in [5, 5.41) is 29.0. The molecule has 0 radical (unpaired) electrons. The summed E-state index contributed by atoms with van der Waals surface area (Å²) in [6.07, 6.45) is -1.15. The molecule has 5 nitrogen and oxygen atoms in total. The summed E-state index contributed by atoms with van der Waals surface area (Å²) in [5.74, 6) is -3.98. The molecule has 1 unspecified atom stereocenters. The molecule has 1 aromatic rings. The predicted molar refractivity (Wildman–Crippen MR) is 62.6 cm³/mol. The van der Waals surface area contributed by atoms with E-state index in [0.717, 1.165) is 0 Å². The smallest absolute Gasteiger partial charge is 0.337 e. The number of hydrogen-bond donors (Lipinski definition) is 4. The van der Waals surface area contributed by atoms with Crippen LogP contribution in [0.2, 0.25) is 0 Å². The number of halogens is 3. The molecular formula is C10H10BrF2NO4. The van der Waals surface area contributed by atoms with E-state index in [0.29, 0.717) is 6.07 Å². The molecule has 0 saturated heterocycles. The summed E-state index contributed by atoms with van der Waals surface area (Å²) in [6, 6.07) is 0.538. The zero-order valence-electron chi connectivity index (χ0n) is 8.95. The molecule has 18 heavy (non-hydrogen) atoms. The fourth-order valence-corrected chi connectivity index (χ4v) is 1.76. The molecule has 1 aromatic carbocycles. The monoisotopic (exact) mass is 325 g/mol. The van der Waals surface area contributed by atoms with Crippen molar-refractivity contribution in [2.24, 2.45) is 0 Å². The first kappa shape index (κ1) is 14.8. The number of aliphatic hydroxyl groups excluding tert-OH is 2. The first-order valence-electron chi connectivity index (χ1n) is 4.82. The Bertz CT molecular complexity index is 470. The highest BCUT2D eigenvalue weighted by Crippen LogP contribution is 2.31. The van der Waals surface area contributed by atoms with Crippen LogP contribution in [0.3, 0.4) is 0 Å². The van der Waals surface area contributed by atoms with Gasteiger partial charge in [0.25, 0.3) is 0 Å². The second-order valence-corrected chi connectivity index (χ2v) is 4.22. The van der Waals surface area contributed by atoms with Gasteiger partial charge in [0.15, 0.2) is 11.6 Å². The second kappa shape index (κ2) is 6.07. The summed E-state index contributed by atoms with van der Waals surface area (Å²) in [6.45, 7) is -0.753. The molecule has 1 rings (SSSR count). The third-order valence-electron chi connectivity index (χ3n) is 2.12. The van der Waals surface area contributed by atoms with Gasteiger partial charge in [-0.1, -0.05) is 0 Å². The summed E-state index contributed by atoms with van der Waals surface area (Å²) >= 11 is 2.74. The Hall–Kier alpha value is -1.25. The number of benzene rings is 1. The molecule has 0 spiro atoms. The van der Waals surface area contributed by atoms with Crippen molar-refractivity contribution in [3.05, 3.63) is 27.7 Å². The van der Waals surface area contributed by atoms with Gasteiger partial charge < -0.3 is 20.6 Å². The number of carboxylic acid groups (broad SMARTS) is 1. The van der Waals surface area contributed by atoms with Gasteiger partial charge in [-0.15, -0.1) is 0 Å². The Morgan fingerprint density at radius 2 is 2.11 bits per heavy atom. The molecule has 0 bridgehead atoms. The molecule has 0 aliphatic carbocycles. The lowest BCUT2D eigenvalue weighted by Crippen LogP contribution is -2.24. The molecule has 0 aliphatic heterocycles. The first-order chi connectivity index (χ1) is 8.38. The first-order valence-corrected chi connectivity index (χ1v) is 5.61. The maximum Gasteiger partial charge on any atom is 0.337 e. The fraction of sp³-hybridized carbons (Fsp3) is 0.300. The standard InChI is InChI=1S/C10H10BrF2NO4/c11-7-8(13)6(12)1-5(10(17)18)9(7)14-2-4(16)3-15/h1,4,14-16H,2-3H2,(H,17,18). The highest BCUT2D eigenvalue weighted by Gasteiger charge is 2.21. The minimum absolute atomic E-state index is 0.200. The van der Waals surface area contributed by atoms with Crippen LogP contribution in [-0.2, 0) is 0 Å². The van der Waals surface area contributed by atoms with E-state index in [1.165, 1.54) is 0 Å². The van der Waals surface area contributed by atoms with E-state index >= 15 is 0 Å². The van der Waals surface area contributed by atoms with Gasteiger partial charge in [-0.3, -0.25) is 0 Å². The van der Waals surface area contributed by atoms with Gasteiger partial charge >= 0.3 is 5.97 Å². The SMILES string of the molecule is O=C(O)c1cc(F)c(F)c(Br)c1NCC(O)CO. The Morgan fingerprint density at radius 1 is 1.50 bits per heavy atom. The van der Waals surface area contributed by atoms with E-state index in [-0.39, 0.29) is 16.7 Å².